The van der Waals surface area contributed by atoms with E-state index in [-0.39, 0.29) is 17.7 Å². The van der Waals surface area contributed by atoms with E-state index in [1.807, 2.05) is 15.9 Å². The first-order valence-electron chi connectivity index (χ1n) is 12.0. The van der Waals surface area contributed by atoms with Crippen molar-refractivity contribution in [2.75, 3.05) is 19.6 Å². The van der Waals surface area contributed by atoms with E-state index in [0.29, 0.717) is 66.3 Å². The van der Waals surface area contributed by atoms with Gasteiger partial charge >= 0.3 is 0 Å². The van der Waals surface area contributed by atoms with Gasteiger partial charge in [0.05, 0.1) is 22.9 Å². The maximum absolute atomic E-state index is 13.6. The van der Waals surface area contributed by atoms with Crippen LogP contribution in [0.5, 0.6) is 0 Å². The van der Waals surface area contributed by atoms with Gasteiger partial charge in [0, 0.05) is 32.1 Å². The lowest BCUT2D eigenvalue weighted by molar-refractivity contribution is -0.137. The molecule has 8 heteroatoms. The molecule has 6 rings (SSSR count). The van der Waals surface area contributed by atoms with Gasteiger partial charge in [-0.1, -0.05) is 29.4 Å². The smallest absolute Gasteiger partial charge is 0.259 e. The summed E-state index contributed by atoms with van der Waals surface area (Å²) < 4.78 is 10.9. The predicted molar refractivity (Wildman–Crippen MR) is 128 cm³/mol. The number of benzene rings is 1. The standard InChI is InChI=1S/C27H26N4O4/c1-17-24-21(15-22(23-7-4-14-34-23)28-25(24)35-29-17)27(33)30-11-9-19(10-12-30)26(32)31-13-8-18-5-2-3-6-20(18)16-31/h2-7,14-15,19H,8-13,16H2,1H3. The molecule has 2 aliphatic rings. The molecule has 3 aromatic heterocycles. The van der Waals surface area contributed by atoms with E-state index in [1.165, 1.54) is 11.1 Å². The Morgan fingerprint density at radius 3 is 2.57 bits per heavy atom. The van der Waals surface area contributed by atoms with Crippen LogP contribution < -0.4 is 0 Å². The Balaban J connectivity index is 1.18. The number of likely N-dealkylation sites (tertiary alicyclic amines) is 1. The molecule has 2 aliphatic heterocycles. The zero-order chi connectivity index (χ0) is 23.9. The van der Waals surface area contributed by atoms with Gasteiger partial charge in [0.15, 0.2) is 5.76 Å². The Kier molecular flexibility index (Phi) is 5.36. The second-order valence-electron chi connectivity index (χ2n) is 9.33. The van der Waals surface area contributed by atoms with E-state index in [1.54, 1.807) is 31.4 Å². The van der Waals surface area contributed by atoms with Gasteiger partial charge in [-0.25, -0.2) is 4.98 Å². The van der Waals surface area contributed by atoms with Crippen LogP contribution in [0, 0.1) is 12.8 Å². The summed E-state index contributed by atoms with van der Waals surface area (Å²) in [7, 11) is 0. The molecule has 0 N–H and O–H groups in total. The lowest BCUT2D eigenvalue weighted by atomic mass is 9.92. The van der Waals surface area contributed by atoms with Gasteiger partial charge in [-0.15, -0.1) is 0 Å². The first-order valence-corrected chi connectivity index (χ1v) is 12.0. The molecule has 0 spiro atoms. The molecule has 178 valence electrons. The fourth-order valence-electron chi connectivity index (χ4n) is 5.26. The maximum atomic E-state index is 13.6. The average molecular weight is 471 g/mol. The summed E-state index contributed by atoms with van der Waals surface area (Å²) in [5.74, 6) is 0.599. The Morgan fingerprint density at radius 1 is 1.00 bits per heavy atom. The molecule has 1 aromatic carbocycles. The van der Waals surface area contributed by atoms with Gasteiger partial charge in [0.2, 0.25) is 5.91 Å². The highest BCUT2D eigenvalue weighted by molar-refractivity contribution is 6.07. The fraction of sp³-hybridized carbons (Fsp3) is 0.333. The number of nitrogens with zero attached hydrogens (tertiary/aromatic N) is 4. The number of carbonyl (C=O) groups is 2. The molecule has 4 aromatic rings. The number of hydrogen-bond donors (Lipinski definition) is 0. The number of hydrogen-bond acceptors (Lipinski definition) is 6. The number of carbonyl (C=O) groups excluding carboxylic acids is 2. The van der Waals surface area contributed by atoms with Gasteiger partial charge in [-0.05, 0) is 55.5 Å². The normalized spacial score (nSPS) is 16.5. The maximum Gasteiger partial charge on any atom is 0.259 e. The van der Waals surface area contributed by atoms with Crippen LogP contribution in [0.1, 0.15) is 40.0 Å². The molecule has 0 unspecified atom stereocenters. The van der Waals surface area contributed by atoms with Crippen molar-refractivity contribution in [2.24, 2.45) is 5.92 Å². The number of amides is 2. The van der Waals surface area contributed by atoms with Crippen molar-refractivity contribution < 1.29 is 18.5 Å². The van der Waals surface area contributed by atoms with Crippen molar-refractivity contribution in [2.45, 2.75) is 32.7 Å². The summed E-state index contributed by atoms with van der Waals surface area (Å²) in [5.41, 5.74) is 4.53. The molecule has 0 atom stereocenters. The number of rotatable bonds is 3. The molecule has 2 amide bonds. The van der Waals surface area contributed by atoms with E-state index in [0.717, 1.165) is 13.0 Å². The van der Waals surface area contributed by atoms with E-state index in [2.05, 4.69) is 28.3 Å². The number of pyridine rings is 1. The summed E-state index contributed by atoms with van der Waals surface area (Å²) in [4.78, 5) is 35.1. The highest BCUT2D eigenvalue weighted by Gasteiger charge is 2.33. The Labute approximate surface area is 202 Å². The monoisotopic (exact) mass is 470 g/mol. The highest BCUT2D eigenvalue weighted by atomic mass is 16.5. The molecule has 8 nitrogen and oxygen atoms in total. The molecule has 1 saturated heterocycles. The van der Waals surface area contributed by atoms with Crippen molar-refractivity contribution in [3.05, 3.63) is 71.1 Å². The number of piperidine rings is 1. The van der Waals surface area contributed by atoms with Crippen LogP contribution in [-0.2, 0) is 17.8 Å². The molecule has 0 bridgehead atoms. The van der Waals surface area contributed by atoms with Crippen LogP contribution in [0.3, 0.4) is 0 Å². The van der Waals surface area contributed by atoms with Crippen molar-refractivity contribution in [3.63, 3.8) is 0 Å². The SMILES string of the molecule is Cc1noc2nc(-c3ccco3)cc(C(=O)N3CCC(C(=O)N4CCc5ccccc5C4)CC3)c12. The van der Waals surface area contributed by atoms with Gasteiger partial charge < -0.3 is 18.7 Å². The summed E-state index contributed by atoms with van der Waals surface area (Å²) in [6.07, 6.45) is 3.78. The van der Waals surface area contributed by atoms with Crippen molar-refractivity contribution >= 4 is 22.9 Å². The quantitative estimate of drug-likeness (QED) is 0.445. The van der Waals surface area contributed by atoms with Gasteiger partial charge in [0.25, 0.3) is 11.6 Å². The summed E-state index contributed by atoms with van der Waals surface area (Å²) in [6.45, 7) is 4.30. The minimum Gasteiger partial charge on any atom is -0.463 e. The van der Waals surface area contributed by atoms with Crippen molar-refractivity contribution in [1.82, 2.24) is 19.9 Å². The second kappa shape index (κ2) is 8.69. The van der Waals surface area contributed by atoms with Crippen LogP contribution in [0.2, 0.25) is 0 Å². The summed E-state index contributed by atoms with van der Waals surface area (Å²) in [6, 6.07) is 13.6. The Bertz CT molecular complexity index is 1400. The topological polar surface area (TPSA) is 92.7 Å². The molecule has 5 heterocycles. The summed E-state index contributed by atoms with van der Waals surface area (Å²) >= 11 is 0. The number of aromatic nitrogens is 2. The van der Waals surface area contributed by atoms with Crippen molar-refractivity contribution in [3.8, 4) is 11.5 Å². The lowest BCUT2D eigenvalue weighted by Crippen LogP contribution is -2.45. The molecular weight excluding hydrogens is 444 g/mol. The highest BCUT2D eigenvalue weighted by Crippen LogP contribution is 2.30. The van der Waals surface area contributed by atoms with Gasteiger partial charge in [-0.3, -0.25) is 9.59 Å². The zero-order valence-electron chi connectivity index (χ0n) is 19.6. The van der Waals surface area contributed by atoms with Crippen molar-refractivity contribution in [1.29, 1.82) is 0 Å². The minimum atomic E-state index is -0.102. The van der Waals surface area contributed by atoms with E-state index < -0.39 is 0 Å². The van der Waals surface area contributed by atoms with Crippen LogP contribution in [0.25, 0.3) is 22.6 Å². The molecule has 35 heavy (non-hydrogen) atoms. The van der Waals surface area contributed by atoms with Crippen LogP contribution in [0.4, 0.5) is 0 Å². The Hall–Kier alpha value is -3.94. The van der Waals surface area contributed by atoms with Crippen LogP contribution in [0.15, 0.2) is 57.7 Å². The van der Waals surface area contributed by atoms with E-state index >= 15 is 0 Å². The van der Waals surface area contributed by atoms with Crippen LogP contribution >= 0.6 is 0 Å². The third-order valence-electron chi connectivity index (χ3n) is 7.19. The number of fused-ring (bicyclic) bond motifs is 2. The first-order chi connectivity index (χ1) is 17.1. The van der Waals surface area contributed by atoms with Gasteiger partial charge in [0.1, 0.15) is 5.69 Å². The third kappa shape index (κ3) is 3.88. The molecule has 0 saturated carbocycles. The molecule has 0 radical (unpaired) electrons. The average Bonchev–Trinajstić information content (AvgIpc) is 3.58. The second-order valence-corrected chi connectivity index (χ2v) is 9.33. The molecule has 1 fully saturated rings. The first kappa shape index (κ1) is 21.6. The molecule has 0 aliphatic carbocycles. The third-order valence-corrected chi connectivity index (χ3v) is 7.19. The van der Waals surface area contributed by atoms with E-state index in [4.69, 9.17) is 8.94 Å². The number of furan rings is 1. The minimum absolute atomic E-state index is 0.0576. The Morgan fingerprint density at radius 2 is 1.80 bits per heavy atom. The van der Waals surface area contributed by atoms with Gasteiger partial charge in [-0.2, -0.15) is 0 Å². The molecular formula is C27H26N4O4. The fourth-order valence-corrected chi connectivity index (χ4v) is 5.26. The lowest BCUT2D eigenvalue weighted by Gasteiger charge is -2.36. The number of aryl methyl sites for hydroxylation is 1. The summed E-state index contributed by atoms with van der Waals surface area (Å²) in [5, 5.41) is 4.64. The zero-order valence-corrected chi connectivity index (χ0v) is 19.6. The van der Waals surface area contributed by atoms with E-state index in [9.17, 15) is 9.59 Å². The predicted octanol–water partition coefficient (Wildman–Crippen LogP) is 4.23. The largest absolute Gasteiger partial charge is 0.463 e. The van der Waals surface area contributed by atoms with Crippen LogP contribution in [-0.4, -0.2) is 51.4 Å².